The molecule has 0 bridgehead atoms. The number of nitrogens with zero attached hydrogens (tertiary/aromatic N) is 1. The Morgan fingerprint density at radius 2 is 2.44 bits per heavy atom. The van der Waals surface area contributed by atoms with Crippen LogP contribution in [0.25, 0.3) is 0 Å². The fourth-order valence-electron chi connectivity index (χ4n) is 1.47. The Hall–Kier alpha value is -1.62. The van der Waals surface area contributed by atoms with E-state index in [1.54, 1.807) is 30.6 Å². The van der Waals surface area contributed by atoms with E-state index in [1.807, 2.05) is 0 Å². The number of carbonyl (C=O) groups excluding carboxylic acids is 2. The highest BCUT2D eigenvalue weighted by Crippen LogP contribution is 2.31. The van der Waals surface area contributed by atoms with Crippen LogP contribution in [0.2, 0.25) is 0 Å². The van der Waals surface area contributed by atoms with Crippen LogP contribution in [-0.4, -0.2) is 18.5 Å². The fourth-order valence-corrected chi connectivity index (χ4v) is 2.36. The quantitative estimate of drug-likeness (QED) is 0.757. The summed E-state index contributed by atoms with van der Waals surface area (Å²) >= 11 is 1.36. The minimum absolute atomic E-state index is 0.0204. The Labute approximate surface area is 97.1 Å². The Morgan fingerprint density at radius 1 is 1.62 bits per heavy atom. The molecular formula is C11H11NO3S. The number of ether oxygens (including phenoxy) is 1. The van der Waals surface area contributed by atoms with Crippen LogP contribution in [0.3, 0.4) is 0 Å². The number of amides is 1. The van der Waals surface area contributed by atoms with E-state index >= 15 is 0 Å². The summed E-state index contributed by atoms with van der Waals surface area (Å²) in [7, 11) is 0. The molecule has 4 nitrogen and oxygen atoms in total. The number of carbonyl (C=O) groups is 2. The number of rotatable bonds is 3. The third-order valence-corrected chi connectivity index (χ3v) is 3.09. The van der Waals surface area contributed by atoms with E-state index in [0.717, 1.165) is 0 Å². The van der Waals surface area contributed by atoms with Gasteiger partial charge in [0, 0.05) is 12.6 Å². The summed E-state index contributed by atoms with van der Waals surface area (Å²) in [6.07, 6.45) is 3.86. The normalized spacial score (nSPS) is 14.6. The van der Waals surface area contributed by atoms with Crippen LogP contribution >= 0.6 is 11.3 Å². The van der Waals surface area contributed by atoms with Crippen molar-refractivity contribution in [2.45, 2.75) is 13.3 Å². The Morgan fingerprint density at radius 3 is 3.06 bits per heavy atom. The molecule has 0 saturated carbocycles. The zero-order valence-electron chi connectivity index (χ0n) is 8.80. The summed E-state index contributed by atoms with van der Waals surface area (Å²) in [5.41, 5.74) is 0.451. The lowest BCUT2D eigenvalue weighted by atomic mass is 10.3. The van der Waals surface area contributed by atoms with Gasteiger partial charge in [0.2, 0.25) is 5.91 Å². The zero-order chi connectivity index (χ0) is 11.5. The molecule has 0 N–H and O–H groups in total. The average Bonchev–Trinajstić information content (AvgIpc) is 2.85. The summed E-state index contributed by atoms with van der Waals surface area (Å²) in [6, 6.07) is 1.68. The van der Waals surface area contributed by atoms with E-state index in [4.69, 9.17) is 4.74 Å². The van der Waals surface area contributed by atoms with Gasteiger partial charge in [-0.05, 0) is 18.4 Å². The first-order valence-electron chi connectivity index (χ1n) is 4.97. The molecule has 0 spiro atoms. The highest BCUT2D eigenvalue weighted by molar-refractivity contribution is 7.14. The van der Waals surface area contributed by atoms with Crippen LogP contribution in [0.5, 0.6) is 0 Å². The Balaban J connectivity index is 2.28. The smallest absolute Gasteiger partial charge is 0.341 e. The molecule has 0 aliphatic carbocycles. The number of esters is 1. The van der Waals surface area contributed by atoms with Gasteiger partial charge in [0.15, 0.2) is 0 Å². The SMILES string of the molecule is CCOC(=O)c1ccsc1N1C=CCC1=O. The first-order valence-corrected chi connectivity index (χ1v) is 5.85. The van der Waals surface area contributed by atoms with Crippen molar-refractivity contribution in [2.24, 2.45) is 0 Å². The van der Waals surface area contributed by atoms with Gasteiger partial charge < -0.3 is 4.74 Å². The first-order chi connectivity index (χ1) is 7.74. The van der Waals surface area contributed by atoms with E-state index in [9.17, 15) is 9.59 Å². The van der Waals surface area contributed by atoms with Crippen molar-refractivity contribution in [3.05, 3.63) is 29.3 Å². The maximum Gasteiger partial charge on any atom is 0.341 e. The van der Waals surface area contributed by atoms with Crippen molar-refractivity contribution < 1.29 is 14.3 Å². The minimum Gasteiger partial charge on any atom is -0.462 e. The van der Waals surface area contributed by atoms with Crippen molar-refractivity contribution in [1.29, 1.82) is 0 Å². The second-order valence-corrected chi connectivity index (χ2v) is 4.11. The standard InChI is InChI=1S/C11H11NO3S/c1-2-15-11(14)8-5-7-16-10(8)12-6-3-4-9(12)13/h3,5-7H,2,4H2,1H3. The summed E-state index contributed by atoms with van der Waals surface area (Å²) < 4.78 is 4.93. The average molecular weight is 237 g/mol. The number of thiophene rings is 1. The molecule has 0 aromatic carbocycles. The van der Waals surface area contributed by atoms with Crippen molar-refractivity contribution in [2.75, 3.05) is 11.5 Å². The van der Waals surface area contributed by atoms with Gasteiger partial charge in [-0.15, -0.1) is 11.3 Å². The van der Waals surface area contributed by atoms with Gasteiger partial charge in [-0.1, -0.05) is 6.08 Å². The summed E-state index contributed by atoms with van der Waals surface area (Å²) in [6.45, 7) is 2.09. The molecule has 0 atom stereocenters. The van der Waals surface area contributed by atoms with Crippen molar-refractivity contribution in [3.63, 3.8) is 0 Å². The Kier molecular flexibility index (Phi) is 3.05. The van der Waals surface area contributed by atoms with Crippen LogP contribution in [-0.2, 0) is 9.53 Å². The first kappa shape index (κ1) is 10.9. The predicted octanol–water partition coefficient (Wildman–Crippen LogP) is 2.18. The van der Waals surface area contributed by atoms with E-state index in [0.29, 0.717) is 23.6 Å². The van der Waals surface area contributed by atoms with Gasteiger partial charge in [-0.2, -0.15) is 0 Å². The van der Waals surface area contributed by atoms with E-state index in [1.165, 1.54) is 16.2 Å². The summed E-state index contributed by atoms with van der Waals surface area (Å²) in [4.78, 5) is 24.6. The molecule has 2 heterocycles. The van der Waals surface area contributed by atoms with Gasteiger partial charge >= 0.3 is 5.97 Å². The second-order valence-electron chi connectivity index (χ2n) is 3.21. The number of hydrogen-bond donors (Lipinski definition) is 0. The largest absolute Gasteiger partial charge is 0.462 e. The molecule has 16 heavy (non-hydrogen) atoms. The fraction of sp³-hybridized carbons (Fsp3) is 0.273. The van der Waals surface area contributed by atoms with Crippen LogP contribution in [0.15, 0.2) is 23.7 Å². The maximum absolute atomic E-state index is 11.6. The van der Waals surface area contributed by atoms with Gasteiger partial charge in [-0.3, -0.25) is 9.69 Å². The van der Waals surface area contributed by atoms with Crippen LogP contribution < -0.4 is 4.90 Å². The molecule has 1 amide bonds. The molecule has 1 aromatic rings. The van der Waals surface area contributed by atoms with Crippen molar-refractivity contribution in [3.8, 4) is 0 Å². The number of anilines is 1. The van der Waals surface area contributed by atoms with E-state index in [2.05, 4.69) is 0 Å². The topological polar surface area (TPSA) is 46.6 Å². The third-order valence-electron chi connectivity index (χ3n) is 2.17. The monoisotopic (exact) mass is 237 g/mol. The summed E-state index contributed by atoms with van der Waals surface area (Å²) in [5.74, 6) is -0.403. The van der Waals surface area contributed by atoms with E-state index < -0.39 is 0 Å². The van der Waals surface area contributed by atoms with E-state index in [-0.39, 0.29) is 11.9 Å². The molecule has 1 aliphatic rings. The molecule has 0 fully saturated rings. The van der Waals surface area contributed by atoms with Crippen LogP contribution in [0, 0.1) is 0 Å². The maximum atomic E-state index is 11.6. The van der Waals surface area contributed by atoms with Crippen LogP contribution in [0.1, 0.15) is 23.7 Å². The molecular weight excluding hydrogens is 226 g/mol. The zero-order valence-corrected chi connectivity index (χ0v) is 9.62. The molecule has 0 radical (unpaired) electrons. The third kappa shape index (κ3) is 1.86. The molecule has 0 saturated heterocycles. The Bertz CT molecular complexity index is 450. The minimum atomic E-state index is -0.383. The molecule has 84 valence electrons. The highest BCUT2D eigenvalue weighted by atomic mass is 32.1. The lowest BCUT2D eigenvalue weighted by Crippen LogP contribution is -2.21. The van der Waals surface area contributed by atoms with Gasteiger partial charge in [-0.25, -0.2) is 4.79 Å². The molecule has 1 aromatic heterocycles. The van der Waals surface area contributed by atoms with Crippen LogP contribution in [0.4, 0.5) is 5.00 Å². The predicted molar refractivity (Wildman–Crippen MR) is 61.5 cm³/mol. The number of hydrogen-bond acceptors (Lipinski definition) is 4. The van der Waals surface area contributed by atoms with Crippen molar-refractivity contribution >= 4 is 28.2 Å². The lowest BCUT2D eigenvalue weighted by Gasteiger charge is -2.12. The van der Waals surface area contributed by atoms with Crippen molar-refractivity contribution in [1.82, 2.24) is 0 Å². The summed E-state index contributed by atoms with van der Waals surface area (Å²) in [5, 5.41) is 2.42. The molecule has 0 unspecified atom stereocenters. The van der Waals surface area contributed by atoms with Gasteiger partial charge in [0.05, 0.1) is 12.2 Å². The molecule has 1 aliphatic heterocycles. The van der Waals surface area contributed by atoms with Gasteiger partial charge in [0.25, 0.3) is 0 Å². The van der Waals surface area contributed by atoms with Gasteiger partial charge in [0.1, 0.15) is 5.00 Å². The second kappa shape index (κ2) is 4.49. The highest BCUT2D eigenvalue weighted by Gasteiger charge is 2.24. The lowest BCUT2D eigenvalue weighted by molar-refractivity contribution is -0.116. The molecule has 5 heteroatoms. The molecule has 2 rings (SSSR count).